The summed E-state index contributed by atoms with van der Waals surface area (Å²) in [4.78, 5) is 12.3. The van der Waals surface area contributed by atoms with Crippen molar-refractivity contribution < 1.29 is 12.6 Å². The monoisotopic (exact) mass is 671 g/mol. The number of aryl methyl sites for hydroxylation is 3. The molecule has 12 nitrogen and oxygen atoms in total. The Balaban J connectivity index is 0.000000639. The van der Waals surface area contributed by atoms with Gasteiger partial charge in [0.2, 0.25) is 18.6 Å². The number of rotatable bonds is 6. The van der Waals surface area contributed by atoms with Gasteiger partial charge >= 0.3 is 0 Å². The minimum atomic E-state index is -2.50. The Hall–Kier alpha value is -4.23. The van der Waals surface area contributed by atoms with E-state index in [4.69, 9.17) is 15.8 Å². The molecular weight excluding hydrogens is 631 g/mol. The third kappa shape index (κ3) is 14.4. The van der Waals surface area contributed by atoms with E-state index in [9.17, 15) is 12.6 Å². The largest absolute Gasteiger partial charge is 0.261 e. The maximum absolute atomic E-state index is 12.0. The first kappa shape index (κ1) is 40.8. The molecule has 15 heteroatoms. The van der Waals surface area contributed by atoms with Crippen LogP contribution in [-0.4, -0.2) is 46.3 Å². The molecule has 0 aliphatic heterocycles. The fourth-order valence-corrected chi connectivity index (χ4v) is 6.23. The average Bonchev–Trinajstić information content (AvgIpc) is 2.95. The van der Waals surface area contributed by atoms with Gasteiger partial charge in [-0.15, -0.1) is 13.1 Å². The van der Waals surface area contributed by atoms with Crippen molar-refractivity contribution in [1.82, 2.24) is 15.0 Å². The molecule has 3 rings (SSSR count). The normalized spacial score (nSPS) is 15.1. The predicted octanol–water partition coefficient (Wildman–Crippen LogP) is 6.16. The second-order valence-electron chi connectivity index (χ2n) is 9.96. The summed E-state index contributed by atoms with van der Waals surface area (Å²) in [6.07, 6.45) is 14.2. The van der Waals surface area contributed by atoms with E-state index in [1.807, 2.05) is 57.2 Å². The molecule has 5 unspecified atom stereocenters. The van der Waals surface area contributed by atoms with E-state index in [0.29, 0.717) is 0 Å². The van der Waals surface area contributed by atoms with Crippen molar-refractivity contribution in [2.45, 2.75) is 58.3 Å². The lowest BCUT2D eigenvalue weighted by molar-refractivity contribution is 0.672. The molecule has 0 amide bonds. The molecule has 242 valence electrons. The second kappa shape index (κ2) is 18.5. The van der Waals surface area contributed by atoms with E-state index >= 15 is 0 Å². The summed E-state index contributed by atoms with van der Waals surface area (Å²) in [6, 6.07) is 11.1. The summed E-state index contributed by atoms with van der Waals surface area (Å²) < 4.78 is 45.8. The summed E-state index contributed by atoms with van der Waals surface area (Å²) in [5.74, 6) is 0.272. The van der Waals surface area contributed by atoms with Gasteiger partial charge in [0.25, 0.3) is 0 Å². The highest BCUT2D eigenvalue weighted by Gasteiger charge is 2.17. The van der Waals surface area contributed by atoms with E-state index < -0.39 is 29.2 Å². The summed E-state index contributed by atoms with van der Waals surface area (Å²) in [6.45, 7) is 9.23. The lowest BCUT2D eigenvalue weighted by Crippen LogP contribution is -2.07. The Morgan fingerprint density at radius 3 is 1.29 bits per heavy atom. The zero-order chi connectivity index (χ0) is 33.6. The molecule has 5 atom stereocenters. The number of aromatic nitrogens is 3. The molecule has 0 fully saturated rings. The number of hydrogen-bond donors (Lipinski definition) is 0. The lowest BCUT2D eigenvalue weighted by atomic mass is 10.2. The highest BCUT2D eigenvalue weighted by atomic mass is 32.2. The van der Waals surface area contributed by atoms with E-state index in [1.54, 1.807) is 51.0 Å². The first-order valence-electron chi connectivity index (χ1n) is 13.0. The molecule has 3 aromatic heterocycles. The molecular formula is C30H41N9O3S3. The van der Waals surface area contributed by atoms with Crippen LogP contribution in [0.1, 0.15) is 65.5 Å². The van der Waals surface area contributed by atoms with Crippen molar-refractivity contribution in [2.24, 2.45) is 13.1 Å². The SMILES string of the molecule is C.Cc1ccc(C(C)S(C)(=O)=NC#N)cn1.Cc1ccc(C(C)S(C)(=O)=NC#N)cn1.Cc1ccc(CS(C)(=O)=NC#N)cn1. The third-order valence-electron chi connectivity index (χ3n) is 6.20. The van der Waals surface area contributed by atoms with Crippen LogP contribution in [0.4, 0.5) is 0 Å². The van der Waals surface area contributed by atoms with Gasteiger partial charge < -0.3 is 0 Å². The van der Waals surface area contributed by atoms with Crippen LogP contribution in [0.25, 0.3) is 0 Å². The van der Waals surface area contributed by atoms with Gasteiger partial charge in [0, 0.05) is 54.4 Å². The molecule has 0 saturated carbocycles. The third-order valence-corrected chi connectivity index (χ3v) is 11.6. The lowest BCUT2D eigenvalue weighted by Gasteiger charge is -2.12. The van der Waals surface area contributed by atoms with Gasteiger partial charge in [0.1, 0.15) is 0 Å². The van der Waals surface area contributed by atoms with Crippen LogP contribution in [0.3, 0.4) is 0 Å². The van der Waals surface area contributed by atoms with Crippen molar-refractivity contribution >= 4 is 29.2 Å². The molecule has 0 saturated heterocycles. The minimum Gasteiger partial charge on any atom is -0.261 e. The molecule has 0 bridgehead atoms. The van der Waals surface area contributed by atoms with Gasteiger partial charge in [-0.1, -0.05) is 25.6 Å². The zero-order valence-electron chi connectivity index (χ0n) is 26.0. The van der Waals surface area contributed by atoms with Crippen molar-refractivity contribution in [2.75, 3.05) is 18.8 Å². The molecule has 0 radical (unpaired) electrons. The Morgan fingerprint density at radius 1 is 0.644 bits per heavy atom. The summed E-state index contributed by atoms with van der Waals surface area (Å²) >= 11 is 0. The fourth-order valence-electron chi connectivity index (χ4n) is 3.28. The van der Waals surface area contributed by atoms with Crippen LogP contribution < -0.4 is 0 Å². The van der Waals surface area contributed by atoms with Crippen LogP contribution in [0.2, 0.25) is 0 Å². The summed E-state index contributed by atoms with van der Waals surface area (Å²) in [5, 5.41) is 24.6. The first-order chi connectivity index (χ1) is 20.5. The van der Waals surface area contributed by atoms with Crippen molar-refractivity contribution in [3.05, 3.63) is 88.8 Å². The van der Waals surface area contributed by atoms with Gasteiger partial charge in [-0.05, 0) is 69.5 Å². The number of nitriles is 3. The number of pyridine rings is 3. The number of hydrogen-bond acceptors (Lipinski definition) is 12. The molecule has 0 aromatic carbocycles. The van der Waals surface area contributed by atoms with Gasteiger partial charge in [0.15, 0.2) is 0 Å². The average molecular weight is 672 g/mol. The molecule has 3 aromatic rings. The standard InChI is InChI=1S/2C10H13N3OS.C9H11N3OS.CH4/c2*1-8-4-5-10(6-12-8)9(2)15(3,14)13-7-11;1-8-3-4-9(5-11-8)6-14(2,13)12-7-10;/h2*4-6,9H,1-3H3;3-5H,6H2,1-2H3;1H4. The summed E-state index contributed by atoms with van der Waals surface area (Å²) in [5.41, 5.74) is 5.24. The van der Waals surface area contributed by atoms with Gasteiger partial charge in [-0.3, -0.25) is 15.0 Å². The maximum atomic E-state index is 12.0. The molecule has 0 spiro atoms. The van der Waals surface area contributed by atoms with Gasteiger partial charge in [-0.2, -0.15) is 15.8 Å². The highest BCUT2D eigenvalue weighted by Crippen LogP contribution is 2.23. The Labute approximate surface area is 269 Å². The zero-order valence-corrected chi connectivity index (χ0v) is 28.5. The number of nitrogens with zero attached hydrogens (tertiary/aromatic N) is 9. The van der Waals surface area contributed by atoms with Gasteiger partial charge in [0.05, 0.1) is 45.4 Å². The van der Waals surface area contributed by atoms with Gasteiger partial charge in [-0.25, -0.2) is 12.6 Å². The Morgan fingerprint density at radius 2 is 1.00 bits per heavy atom. The summed E-state index contributed by atoms with van der Waals surface area (Å²) in [7, 11) is -7.43. The van der Waals surface area contributed by atoms with Crippen LogP contribution in [-0.2, 0) is 34.9 Å². The highest BCUT2D eigenvalue weighted by molar-refractivity contribution is 7.93. The van der Waals surface area contributed by atoms with Crippen molar-refractivity contribution in [1.29, 1.82) is 15.8 Å². The Kier molecular flexibility index (Phi) is 16.8. The fraction of sp³-hybridized carbons (Fsp3) is 0.400. The van der Waals surface area contributed by atoms with E-state index in [2.05, 4.69) is 28.0 Å². The van der Waals surface area contributed by atoms with Crippen LogP contribution in [0, 0.1) is 55.1 Å². The minimum absolute atomic E-state index is 0. The molecule has 45 heavy (non-hydrogen) atoms. The smallest absolute Gasteiger partial charge is 0.214 e. The second-order valence-corrected chi connectivity index (χ2v) is 17.6. The van der Waals surface area contributed by atoms with E-state index in [-0.39, 0.29) is 23.7 Å². The van der Waals surface area contributed by atoms with Crippen LogP contribution in [0.5, 0.6) is 0 Å². The quantitative estimate of drug-likeness (QED) is 0.275. The molecule has 3 heterocycles. The predicted molar refractivity (Wildman–Crippen MR) is 181 cm³/mol. The molecule has 0 N–H and O–H groups in total. The maximum Gasteiger partial charge on any atom is 0.214 e. The van der Waals surface area contributed by atoms with Crippen LogP contribution >= 0.6 is 0 Å². The Bertz CT molecular complexity index is 1800. The first-order valence-corrected chi connectivity index (χ1v) is 19.1. The van der Waals surface area contributed by atoms with E-state index in [1.165, 1.54) is 18.8 Å². The van der Waals surface area contributed by atoms with Crippen molar-refractivity contribution in [3.8, 4) is 18.6 Å². The molecule has 0 aliphatic rings. The topological polar surface area (TPSA) is 198 Å². The van der Waals surface area contributed by atoms with E-state index in [0.717, 1.165) is 33.8 Å². The van der Waals surface area contributed by atoms with Crippen molar-refractivity contribution in [3.63, 3.8) is 0 Å². The van der Waals surface area contributed by atoms with Crippen LogP contribution in [0.15, 0.2) is 68.1 Å². The molecule has 0 aliphatic carbocycles.